The van der Waals surface area contributed by atoms with Crippen molar-refractivity contribution in [1.29, 1.82) is 0 Å². The Morgan fingerprint density at radius 1 is 1.36 bits per heavy atom. The molecule has 9 heteroatoms. The molecule has 1 aromatic rings. The van der Waals surface area contributed by atoms with Gasteiger partial charge in [0.2, 0.25) is 5.78 Å². The number of Topliss-reactive ketones (excluding diaryl/α,β-unsaturated/α-hetero) is 1. The molecule has 2 bridgehead atoms. The number of carboxylic acids is 1. The van der Waals surface area contributed by atoms with Crippen LogP contribution in [0.2, 0.25) is 0 Å². The van der Waals surface area contributed by atoms with E-state index in [2.05, 4.69) is 5.43 Å². The number of ketones is 1. The molecular formula is C24H33FN4O3S. The molecule has 0 spiro atoms. The van der Waals surface area contributed by atoms with E-state index >= 15 is 4.39 Å². The number of nitrogens with one attached hydrogen (secondary N) is 1. The van der Waals surface area contributed by atoms with E-state index in [1.807, 2.05) is 24.2 Å². The molecule has 0 aromatic heterocycles. The predicted molar refractivity (Wildman–Crippen MR) is 132 cm³/mol. The van der Waals surface area contributed by atoms with E-state index in [1.165, 1.54) is 11.8 Å². The van der Waals surface area contributed by atoms with Gasteiger partial charge in [0.25, 0.3) is 0 Å². The van der Waals surface area contributed by atoms with Crippen LogP contribution in [0.15, 0.2) is 21.5 Å². The fraction of sp³-hybridized carbons (Fsp3) is 0.500. The summed E-state index contributed by atoms with van der Waals surface area (Å²) in [5.74, 6) is 3.04. The number of benzene rings is 1. The standard InChI is InChI=1S/C24H33FN4O3S/c1-4-5-6-17-19(24(31)32)23(30)18-14(3)16(8-7-13(2)12-33-17)22(20(25)21(18)28-27)29-10-9-15(26)11-29/h12,15,28H,4-11,26-27H2,1-3H3,(H,31,32)/b13-12+,19-17-. The Labute approximate surface area is 198 Å². The number of nitrogens with two attached hydrogens (primary N) is 2. The second-order valence-corrected chi connectivity index (χ2v) is 9.74. The van der Waals surface area contributed by atoms with Gasteiger partial charge in [-0.2, -0.15) is 0 Å². The Morgan fingerprint density at radius 3 is 2.67 bits per heavy atom. The molecule has 1 aromatic carbocycles. The summed E-state index contributed by atoms with van der Waals surface area (Å²) < 4.78 is 16.0. The number of aliphatic carboxylic acids is 1. The quantitative estimate of drug-likeness (QED) is 0.273. The second kappa shape index (κ2) is 10.7. The first kappa shape index (κ1) is 25.3. The van der Waals surface area contributed by atoms with Crippen molar-refractivity contribution in [3.05, 3.63) is 44.0 Å². The molecule has 2 heterocycles. The van der Waals surface area contributed by atoms with Crippen LogP contribution in [-0.4, -0.2) is 36.0 Å². The minimum atomic E-state index is -1.32. The highest BCUT2D eigenvalue weighted by Gasteiger charge is 2.34. The predicted octanol–water partition coefficient (Wildman–Crippen LogP) is 4.25. The van der Waals surface area contributed by atoms with E-state index < -0.39 is 17.6 Å². The Balaban J connectivity index is 2.32. The number of hydrazine groups is 1. The summed E-state index contributed by atoms with van der Waals surface area (Å²) in [4.78, 5) is 28.4. The van der Waals surface area contributed by atoms with Gasteiger partial charge in [-0.3, -0.25) is 10.6 Å². The number of anilines is 2. The summed E-state index contributed by atoms with van der Waals surface area (Å²) in [6.07, 6.45) is 3.98. The number of unbranched alkanes of at least 4 members (excludes halogenated alkanes) is 1. The average molecular weight is 477 g/mol. The molecule has 1 fully saturated rings. The fourth-order valence-electron chi connectivity index (χ4n) is 4.52. The number of allylic oxidation sites excluding steroid dienone is 2. The summed E-state index contributed by atoms with van der Waals surface area (Å²) in [6.45, 7) is 6.84. The van der Waals surface area contributed by atoms with E-state index in [4.69, 9.17) is 11.6 Å². The minimum Gasteiger partial charge on any atom is -0.478 e. The number of thioether (sulfide) groups is 1. The number of nitrogen functional groups attached to an aromatic ring is 1. The highest BCUT2D eigenvalue weighted by Crippen LogP contribution is 2.41. The first-order chi connectivity index (χ1) is 15.7. The average Bonchev–Trinajstić information content (AvgIpc) is 3.19. The number of rotatable bonds is 6. The highest BCUT2D eigenvalue weighted by atomic mass is 32.2. The van der Waals surface area contributed by atoms with Crippen molar-refractivity contribution in [2.75, 3.05) is 23.4 Å². The highest BCUT2D eigenvalue weighted by molar-refractivity contribution is 8.05. The van der Waals surface area contributed by atoms with E-state index in [-0.39, 0.29) is 22.9 Å². The number of fused-ring (bicyclic) bond motifs is 2. The molecule has 1 unspecified atom stereocenters. The van der Waals surface area contributed by atoms with Crippen LogP contribution in [-0.2, 0) is 11.2 Å². The zero-order valence-corrected chi connectivity index (χ0v) is 20.3. The van der Waals surface area contributed by atoms with Gasteiger partial charge in [0.1, 0.15) is 5.57 Å². The number of nitrogens with zero attached hydrogens (tertiary/aromatic N) is 1. The summed E-state index contributed by atoms with van der Waals surface area (Å²) >= 11 is 1.28. The van der Waals surface area contributed by atoms with Crippen molar-refractivity contribution in [1.82, 2.24) is 0 Å². The number of carbonyl (C=O) groups is 2. The van der Waals surface area contributed by atoms with Gasteiger partial charge in [-0.15, -0.1) is 11.8 Å². The van der Waals surface area contributed by atoms with E-state index in [9.17, 15) is 14.7 Å². The summed E-state index contributed by atoms with van der Waals surface area (Å²) in [7, 11) is 0. The molecule has 0 radical (unpaired) electrons. The summed E-state index contributed by atoms with van der Waals surface area (Å²) in [5.41, 5.74) is 10.6. The van der Waals surface area contributed by atoms with E-state index in [1.54, 1.807) is 6.92 Å². The van der Waals surface area contributed by atoms with Crippen LogP contribution in [0.25, 0.3) is 0 Å². The van der Waals surface area contributed by atoms with Gasteiger partial charge in [0.15, 0.2) is 5.82 Å². The molecule has 33 heavy (non-hydrogen) atoms. The number of carboxylic acid groups (broad SMARTS) is 1. The molecule has 1 saturated heterocycles. The molecule has 6 N–H and O–H groups in total. The Bertz CT molecular complexity index is 1020. The minimum absolute atomic E-state index is 0.0104. The van der Waals surface area contributed by atoms with Gasteiger partial charge in [0, 0.05) is 24.0 Å². The third-order valence-corrected chi connectivity index (χ3v) is 7.57. The van der Waals surface area contributed by atoms with Crippen LogP contribution in [0, 0.1) is 12.7 Å². The zero-order valence-electron chi connectivity index (χ0n) is 19.5. The maximum absolute atomic E-state index is 16.0. The van der Waals surface area contributed by atoms with Gasteiger partial charge >= 0.3 is 5.97 Å². The van der Waals surface area contributed by atoms with Crippen molar-refractivity contribution < 1.29 is 19.1 Å². The van der Waals surface area contributed by atoms with Crippen LogP contribution in [0.3, 0.4) is 0 Å². The first-order valence-corrected chi connectivity index (χ1v) is 12.2. The molecule has 0 saturated carbocycles. The van der Waals surface area contributed by atoms with Crippen LogP contribution in [0.4, 0.5) is 15.8 Å². The van der Waals surface area contributed by atoms with Gasteiger partial charge in [0.05, 0.1) is 16.9 Å². The lowest BCUT2D eigenvalue weighted by Gasteiger charge is -2.27. The number of halogens is 1. The van der Waals surface area contributed by atoms with Crippen LogP contribution in [0.1, 0.15) is 67.4 Å². The van der Waals surface area contributed by atoms with Gasteiger partial charge in [-0.25, -0.2) is 9.18 Å². The third-order valence-electron chi connectivity index (χ3n) is 6.35. The van der Waals surface area contributed by atoms with Crippen molar-refractivity contribution in [2.45, 2.75) is 65.3 Å². The van der Waals surface area contributed by atoms with Crippen molar-refractivity contribution in [3.8, 4) is 0 Å². The lowest BCUT2D eigenvalue weighted by molar-refractivity contribution is -0.132. The topological polar surface area (TPSA) is 122 Å². The molecule has 0 aliphatic carbocycles. The molecule has 1 atom stereocenters. The zero-order chi connectivity index (χ0) is 24.3. The fourth-order valence-corrected chi connectivity index (χ4v) is 5.54. The molecule has 2 aliphatic heterocycles. The molecule has 0 amide bonds. The van der Waals surface area contributed by atoms with Crippen LogP contribution < -0.4 is 21.9 Å². The van der Waals surface area contributed by atoms with Crippen molar-refractivity contribution >= 4 is 34.9 Å². The molecule has 3 rings (SSSR count). The van der Waals surface area contributed by atoms with Gasteiger partial charge in [-0.1, -0.05) is 18.9 Å². The SMILES string of the molecule is CCCC/C1=C(/C(=O)O)C(=O)c2c(C)c(c(N3CCC(N)C3)c(F)c2NN)CC/C(C)=C/S1. The summed E-state index contributed by atoms with van der Waals surface area (Å²) in [6, 6.07) is -0.0593. The van der Waals surface area contributed by atoms with Gasteiger partial charge in [-0.05, 0) is 62.5 Å². The third kappa shape index (κ3) is 5.10. The smallest absolute Gasteiger partial charge is 0.340 e. The lowest BCUT2D eigenvalue weighted by Crippen LogP contribution is -2.29. The number of hydrogen-bond donors (Lipinski definition) is 4. The molecule has 2 aliphatic rings. The number of hydrogen-bond acceptors (Lipinski definition) is 7. The molecule has 7 nitrogen and oxygen atoms in total. The van der Waals surface area contributed by atoms with Gasteiger partial charge < -0.3 is 21.2 Å². The van der Waals surface area contributed by atoms with Crippen molar-refractivity contribution in [2.24, 2.45) is 11.6 Å². The monoisotopic (exact) mass is 476 g/mol. The van der Waals surface area contributed by atoms with Crippen LogP contribution >= 0.6 is 11.8 Å². The Kier molecular flexibility index (Phi) is 8.20. The summed E-state index contributed by atoms with van der Waals surface area (Å²) in [5, 5.41) is 11.9. The Morgan fingerprint density at radius 2 is 2.09 bits per heavy atom. The normalized spacial score (nSPS) is 23.2. The first-order valence-electron chi connectivity index (χ1n) is 11.4. The van der Waals surface area contributed by atoms with Crippen molar-refractivity contribution in [3.63, 3.8) is 0 Å². The maximum Gasteiger partial charge on any atom is 0.340 e. The maximum atomic E-state index is 16.0. The lowest BCUT2D eigenvalue weighted by atomic mass is 9.88. The molecule has 180 valence electrons. The number of carbonyl (C=O) groups excluding carboxylic acids is 1. The molecular weight excluding hydrogens is 443 g/mol. The van der Waals surface area contributed by atoms with Crippen LogP contribution in [0.5, 0.6) is 0 Å². The largest absolute Gasteiger partial charge is 0.478 e. The second-order valence-electron chi connectivity index (χ2n) is 8.77. The van der Waals surface area contributed by atoms with E-state index in [0.717, 1.165) is 24.8 Å². The Hall–Kier alpha value is -2.36. The van der Waals surface area contributed by atoms with E-state index in [0.29, 0.717) is 54.1 Å².